The molecule has 31 heavy (non-hydrogen) atoms. The Morgan fingerprint density at radius 1 is 1.06 bits per heavy atom. The second-order valence-corrected chi connectivity index (χ2v) is 7.97. The third-order valence-corrected chi connectivity index (χ3v) is 5.37. The molecule has 0 aliphatic carbocycles. The van der Waals surface area contributed by atoms with Crippen LogP contribution in [0.2, 0.25) is 0 Å². The zero-order chi connectivity index (χ0) is 22.1. The molecule has 4 aromatic rings. The number of rotatable bonds is 4. The van der Waals surface area contributed by atoms with Crippen molar-refractivity contribution in [1.29, 1.82) is 0 Å². The minimum atomic E-state index is -0.588. The molecule has 0 atom stereocenters. The van der Waals surface area contributed by atoms with Crippen molar-refractivity contribution in [2.24, 2.45) is 7.05 Å². The van der Waals surface area contributed by atoms with Crippen molar-refractivity contribution in [2.45, 2.75) is 23.9 Å². The summed E-state index contributed by atoms with van der Waals surface area (Å²) in [5.74, 6) is -0.416. The Hall–Kier alpha value is -3.79. The monoisotopic (exact) mass is 434 g/mol. The first kappa shape index (κ1) is 20.5. The van der Waals surface area contributed by atoms with Gasteiger partial charge in [0, 0.05) is 35.2 Å². The van der Waals surface area contributed by atoms with Crippen LogP contribution in [0.3, 0.4) is 0 Å². The Balaban J connectivity index is 1.52. The minimum Gasteiger partial charge on any atom is -0.322 e. The standard InChI is InChI=1S/C21H18N6O3S/c1-11-8-12(2)24-20(23-11)31-15-6-4-14(5-7-15)25-18(28)13-9-16-17(22-10-13)27(3)21(30)26-19(16)29/h4-10H,1-3H3,(H,25,28)(H,26,29,30). The molecule has 2 N–H and O–H groups in total. The van der Waals surface area contributed by atoms with Crippen molar-refractivity contribution in [1.82, 2.24) is 24.5 Å². The third kappa shape index (κ3) is 4.38. The van der Waals surface area contributed by atoms with Crippen LogP contribution < -0.4 is 16.6 Å². The summed E-state index contributed by atoms with van der Waals surface area (Å²) in [6.45, 7) is 3.85. The molecule has 1 aromatic carbocycles. The number of pyridine rings is 1. The summed E-state index contributed by atoms with van der Waals surface area (Å²) >= 11 is 1.43. The summed E-state index contributed by atoms with van der Waals surface area (Å²) in [6.07, 6.45) is 1.33. The molecule has 0 aliphatic heterocycles. The number of nitrogens with one attached hydrogen (secondary N) is 2. The fourth-order valence-electron chi connectivity index (χ4n) is 3.01. The summed E-state index contributed by atoms with van der Waals surface area (Å²) < 4.78 is 1.22. The SMILES string of the molecule is Cc1cc(C)nc(Sc2ccc(NC(=O)c3cnc4c(c3)c(=O)[nH]c(=O)n4C)cc2)n1. The van der Waals surface area contributed by atoms with E-state index in [1.807, 2.05) is 32.0 Å². The van der Waals surface area contributed by atoms with Gasteiger partial charge in [-0.1, -0.05) is 0 Å². The zero-order valence-electron chi connectivity index (χ0n) is 17.0. The molecule has 0 bridgehead atoms. The molecular formula is C21H18N6O3S. The first-order chi connectivity index (χ1) is 14.8. The number of carbonyl (C=O) groups is 1. The van der Waals surface area contributed by atoms with Gasteiger partial charge in [0.25, 0.3) is 11.5 Å². The fourth-order valence-corrected chi connectivity index (χ4v) is 3.88. The van der Waals surface area contributed by atoms with Crippen LogP contribution in [0.4, 0.5) is 5.69 Å². The van der Waals surface area contributed by atoms with Crippen LogP contribution in [0, 0.1) is 13.8 Å². The van der Waals surface area contributed by atoms with Crippen LogP contribution in [-0.4, -0.2) is 30.4 Å². The Kier molecular flexibility index (Phi) is 5.38. The van der Waals surface area contributed by atoms with Gasteiger partial charge in [0.15, 0.2) is 5.16 Å². The number of carbonyl (C=O) groups excluding carboxylic acids is 1. The second kappa shape index (κ2) is 8.15. The van der Waals surface area contributed by atoms with Gasteiger partial charge in [0.05, 0.1) is 10.9 Å². The molecule has 3 heterocycles. The lowest BCUT2D eigenvalue weighted by Crippen LogP contribution is -2.29. The van der Waals surface area contributed by atoms with Crippen molar-refractivity contribution in [3.05, 3.63) is 80.4 Å². The van der Waals surface area contributed by atoms with Gasteiger partial charge in [-0.3, -0.25) is 19.1 Å². The maximum Gasteiger partial charge on any atom is 0.329 e. The lowest BCUT2D eigenvalue weighted by Gasteiger charge is -2.08. The minimum absolute atomic E-state index is 0.162. The van der Waals surface area contributed by atoms with E-state index < -0.39 is 17.2 Å². The van der Waals surface area contributed by atoms with Gasteiger partial charge in [0.1, 0.15) is 5.65 Å². The van der Waals surface area contributed by atoms with Gasteiger partial charge >= 0.3 is 5.69 Å². The molecule has 4 rings (SSSR count). The Bertz CT molecular complexity index is 1410. The van der Waals surface area contributed by atoms with Gasteiger partial charge in [-0.15, -0.1) is 0 Å². The molecule has 0 saturated heterocycles. The smallest absolute Gasteiger partial charge is 0.322 e. The lowest BCUT2D eigenvalue weighted by atomic mass is 10.2. The number of amides is 1. The van der Waals surface area contributed by atoms with E-state index in [-0.39, 0.29) is 16.6 Å². The van der Waals surface area contributed by atoms with Crippen LogP contribution in [0.25, 0.3) is 11.0 Å². The lowest BCUT2D eigenvalue weighted by molar-refractivity contribution is 0.102. The molecule has 3 aromatic heterocycles. The predicted molar refractivity (Wildman–Crippen MR) is 118 cm³/mol. The molecule has 9 nitrogen and oxygen atoms in total. The Morgan fingerprint density at radius 3 is 2.42 bits per heavy atom. The first-order valence-electron chi connectivity index (χ1n) is 9.31. The highest BCUT2D eigenvalue weighted by Gasteiger charge is 2.12. The number of hydrogen-bond acceptors (Lipinski definition) is 7. The maximum absolute atomic E-state index is 12.6. The fraction of sp³-hybridized carbons (Fsp3) is 0.143. The quantitative estimate of drug-likeness (QED) is 0.473. The molecule has 156 valence electrons. The van der Waals surface area contributed by atoms with Gasteiger partial charge in [-0.05, 0) is 62.0 Å². The number of aromatic amines is 1. The van der Waals surface area contributed by atoms with E-state index in [4.69, 9.17) is 0 Å². The highest BCUT2D eigenvalue weighted by Crippen LogP contribution is 2.26. The Labute approximate surface area is 180 Å². The zero-order valence-corrected chi connectivity index (χ0v) is 17.8. The average Bonchev–Trinajstić information content (AvgIpc) is 2.72. The van der Waals surface area contributed by atoms with Crippen LogP contribution in [0.5, 0.6) is 0 Å². The highest BCUT2D eigenvalue weighted by atomic mass is 32.2. The van der Waals surface area contributed by atoms with Crippen molar-refractivity contribution < 1.29 is 4.79 Å². The van der Waals surface area contributed by atoms with E-state index in [1.165, 1.54) is 35.6 Å². The van der Waals surface area contributed by atoms with E-state index in [0.29, 0.717) is 10.8 Å². The number of H-pyrrole nitrogens is 1. The van der Waals surface area contributed by atoms with Crippen molar-refractivity contribution in [3.63, 3.8) is 0 Å². The van der Waals surface area contributed by atoms with Crippen molar-refractivity contribution >= 4 is 34.4 Å². The number of aromatic nitrogens is 5. The summed E-state index contributed by atoms with van der Waals surface area (Å²) in [5, 5.41) is 3.60. The van der Waals surface area contributed by atoms with E-state index >= 15 is 0 Å². The highest BCUT2D eigenvalue weighted by molar-refractivity contribution is 7.99. The van der Waals surface area contributed by atoms with Crippen LogP contribution in [-0.2, 0) is 7.05 Å². The average molecular weight is 434 g/mol. The van der Waals surface area contributed by atoms with Crippen molar-refractivity contribution in [3.8, 4) is 0 Å². The summed E-state index contributed by atoms with van der Waals surface area (Å²) in [7, 11) is 1.50. The van der Waals surface area contributed by atoms with Gasteiger partial charge in [-0.2, -0.15) is 0 Å². The molecule has 0 spiro atoms. The summed E-state index contributed by atoms with van der Waals surface area (Å²) in [5.41, 5.74) is 1.66. The normalized spacial score (nSPS) is 10.9. The second-order valence-electron chi connectivity index (χ2n) is 6.93. The van der Waals surface area contributed by atoms with E-state index in [9.17, 15) is 14.4 Å². The van der Waals surface area contributed by atoms with E-state index in [0.717, 1.165) is 16.3 Å². The summed E-state index contributed by atoms with van der Waals surface area (Å²) in [4.78, 5) is 52.4. The predicted octanol–water partition coefficient (Wildman–Crippen LogP) is 2.43. The molecule has 0 saturated carbocycles. The number of hydrogen-bond donors (Lipinski definition) is 2. The van der Waals surface area contributed by atoms with Crippen LogP contribution in [0.15, 0.2) is 62.2 Å². The number of aryl methyl sites for hydroxylation is 3. The Morgan fingerprint density at radius 2 is 1.74 bits per heavy atom. The maximum atomic E-state index is 12.6. The topological polar surface area (TPSA) is 123 Å². The molecular weight excluding hydrogens is 416 g/mol. The number of benzene rings is 1. The van der Waals surface area contributed by atoms with Crippen molar-refractivity contribution in [2.75, 3.05) is 5.32 Å². The first-order valence-corrected chi connectivity index (χ1v) is 10.1. The van der Waals surface area contributed by atoms with Crippen LogP contribution >= 0.6 is 11.8 Å². The van der Waals surface area contributed by atoms with E-state index in [1.54, 1.807) is 12.1 Å². The largest absolute Gasteiger partial charge is 0.329 e. The van der Waals surface area contributed by atoms with E-state index in [2.05, 4.69) is 25.3 Å². The van der Waals surface area contributed by atoms with Gasteiger partial charge < -0.3 is 5.32 Å². The molecule has 0 fully saturated rings. The van der Waals surface area contributed by atoms with Gasteiger partial charge in [-0.25, -0.2) is 19.7 Å². The molecule has 1 amide bonds. The number of nitrogens with zero attached hydrogens (tertiary/aromatic N) is 4. The van der Waals surface area contributed by atoms with Crippen LogP contribution in [0.1, 0.15) is 21.7 Å². The third-order valence-electron chi connectivity index (χ3n) is 4.50. The number of fused-ring (bicyclic) bond motifs is 1. The number of anilines is 1. The molecule has 0 unspecified atom stereocenters. The summed E-state index contributed by atoms with van der Waals surface area (Å²) in [6, 6.07) is 10.6. The van der Waals surface area contributed by atoms with Gasteiger partial charge in [0.2, 0.25) is 0 Å². The molecule has 0 radical (unpaired) electrons. The molecule has 10 heteroatoms. The molecule has 0 aliphatic rings.